The summed E-state index contributed by atoms with van der Waals surface area (Å²) in [5.41, 5.74) is 0.175. The maximum atomic E-state index is 6.62. The Balaban J connectivity index is 3.93. The third-order valence-electron chi connectivity index (χ3n) is 4.50. The first-order chi connectivity index (χ1) is 14.7. The van der Waals surface area contributed by atoms with Crippen LogP contribution in [-0.2, 0) is 15.1 Å². The zero-order valence-corrected chi connectivity index (χ0v) is 29.3. The van der Waals surface area contributed by atoms with Crippen molar-refractivity contribution in [3.63, 3.8) is 0 Å². The van der Waals surface area contributed by atoms with Gasteiger partial charge in [0.1, 0.15) is 0 Å². The second-order valence-corrected chi connectivity index (χ2v) is 19.2. The molecule has 0 spiro atoms. The zero-order chi connectivity index (χ0) is 27.6. The van der Waals surface area contributed by atoms with Crippen LogP contribution in [0.15, 0.2) is 18.2 Å². The molecule has 18 heteroatoms. The maximum Gasteiger partial charge on any atom is 0.226 e. The van der Waals surface area contributed by atoms with Gasteiger partial charge in [-0.1, -0.05) is 234 Å². The van der Waals surface area contributed by atoms with E-state index in [1.165, 1.54) is 18.2 Å². The van der Waals surface area contributed by atoms with Crippen LogP contribution in [0.4, 0.5) is 0 Å². The Kier molecular flexibility index (Phi) is 12.5. The highest BCUT2D eigenvalue weighted by molar-refractivity contribution is 6.81. The van der Waals surface area contributed by atoms with Crippen molar-refractivity contribution in [2.24, 2.45) is 0 Å². The van der Waals surface area contributed by atoms with Crippen molar-refractivity contribution in [1.29, 1.82) is 0 Å². The maximum absolute atomic E-state index is 6.62. The molecule has 1 aromatic rings. The van der Waals surface area contributed by atoms with Crippen LogP contribution >= 0.6 is 209 Å². The Morgan fingerprint density at radius 2 is 0.735 bits per heavy atom. The number of hydrogen-bond acceptors (Lipinski definition) is 0. The van der Waals surface area contributed by atoms with Gasteiger partial charge in [-0.2, -0.15) is 0 Å². The van der Waals surface area contributed by atoms with Gasteiger partial charge in [-0.05, 0) is 23.1 Å². The average molecular weight is 838 g/mol. The highest BCUT2D eigenvalue weighted by Crippen LogP contribution is 2.68. The molecule has 0 unspecified atom stereocenters. The minimum absolute atomic E-state index is 0.0146. The fourth-order valence-electron chi connectivity index (χ4n) is 2.64. The topological polar surface area (TPSA) is 0 Å². The SMILES string of the molecule is CCc1c(C(Cl)(Cl)C(Cl)(Cl)C(Cl)(Cl)C(Cl)(Cl)Cl)cccc1C(Cl)(Cl)C(Cl)(Cl)C(Cl)(Cl)C(Cl)(Cl)Cl. The minimum Gasteiger partial charge on any atom is -0.0943 e. The van der Waals surface area contributed by atoms with E-state index in [1.807, 2.05) is 0 Å². The van der Waals surface area contributed by atoms with E-state index in [-0.39, 0.29) is 23.1 Å². The van der Waals surface area contributed by atoms with Crippen molar-refractivity contribution in [1.82, 2.24) is 0 Å². The van der Waals surface area contributed by atoms with Gasteiger partial charge in [-0.3, -0.25) is 0 Å². The smallest absolute Gasteiger partial charge is 0.0943 e. The Morgan fingerprint density at radius 3 is 0.941 bits per heavy atom. The molecule has 34 heavy (non-hydrogen) atoms. The quantitative estimate of drug-likeness (QED) is 0.240. The normalized spacial score (nSPS) is 15.6. The summed E-state index contributed by atoms with van der Waals surface area (Å²) in [7, 11) is 0. The van der Waals surface area contributed by atoms with Crippen LogP contribution in [0.5, 0.6) is 0 Å². The van der Waals surface area contributed by atoms with Crippen LogP contribution in [0.3, 0.4) is 0 Å². The average Bonchev–Trinajstić information content (AvgIpc) is 2.64. The zero-order valence-electron chi connectivity index (χ0n) is 15.7. The molecule has 0 heterocycles. The molecule has 198 valence electrons. The van der Waals surface area contributed by atoms with Gasteiger partial charge in [0.2, 0.25) is 16.3 Å². The molecule has 0 nitrogen and oxygen atoms in total. The van der Waals surface area contributed by atoms with Gasteiger partial charge in [-0.25, -0.2) is 0 Å². The minimum atomic E-state index is -2.57. The molecule has 1 rings (SSSR count). The lowest BCUT2D eigenvalue weighted by Gasteiger charge is -2.46. The predicted molar refractivity (Wildman–Crippen MR) is 161 cm³/mol. The molecule has 0 aromatic heterocycles. The first-order valence-electron chi connectivity index (χ1n) is 8.21. The van der Waals surface area contributed by atoms with Crippen molar-refractivity contribution in [2.45, 2.75) is 46.9 Å². The van der Waals surface area contributed by atoms with Gasteiger partial charge < -0.3 is 0 Å². The highest BCUT2D eigenvalue weighted by atomic mass is 35.6. The molecule has 1 aromatic carbocycles. The number of benzene rings is 1. The van der Waals surface area contributed by atoms with Crippen molar-refractivity contribution >= 4 is 209 Å². The number of halogens is 18. The Hall–Kier alpha value is 4.44. The van der Waals surface area contributed by atoms with Crippen LogP contribution in [0, 0.1) is 0 Å². The summed E-state index contributed by atoms with van der Waals surface area (Å²) in [4.78, 5) is 0. The van der Waals surface area contributed by atoms with E-state index in [2.05, 4.69) is 0 Å². The molecule has 0 N–H and O–H groups in total. The number of rotatable bonds is 7. The monoisotopic (exact) mass is 830 g/mol. The fourth-order valence-corrected chi connectivity index (χ4v) is 7.28. The van der Waals surface area contributed by atoms with Crippen molar-refractivity contribution in [2.75, 3.05) is 0 Å². The van der Waals surface area contributed by atoms with E-state index in [1.54, 1.807) is 6.92 Å². The van der Waals surface area contributed by atoms with E-state index < -0.39 is 33.6 Å². The van der Waals surface area contributed by atoms with Crippen LogP contribution in [-0.4, -0.2) is 24.9 Å². The highest BCUT2D eigenvalue weighted by Gasteiger charge is 2.71. The summed E-state index contributed by atoms with van der Waals surface area (Å²) < 4.78 is -19.9. The van der Waals surface area contributed by atoms with Gasteiger partial charge in [-0.15, -0.1) is 0 Å². The summed E-state index contributed by atoms with van der Waals surface area (Å²) >= 11 is 112. The molecule has 0 aliphatic heterocycles. The molecule has 0 amide bonds. The van der Waals surface area contributed by atoms with Crippen molar-refractivity contribution in [3.05, 3.63) is 34.9 Å². The Bertz CT molecular complexity index is 820. The molecule has 0 atom stereocenters. The summed E-state index contributed by atoms with van der Waals surface area (Å²) in [5, 5.41) is 0. The van der Waals surface area contributed by atoms with Crippen LogP contribution in [0.25, 0.3) is 0 Å². The number of hydrogen-bond donors (Lipinski definition) is 0. The van der Waals surface area contributed by atoms with Gasteiger partial charge in [0.25, 0.3) is 0 Å². The largest absolute Gasteiger partial charge is 0.226 e. The van der Waals surface area contributed by atoms with E-state index in [0.29, 0.717) is 0 Å². The van der Waals surface area contributed by atoms with E-state index in [4.69, 9.17) is 209 Å². The second kappa shape index (κ2) is 11.6. The summed E-state index contributed by atoms with van der Waals surface area (Å²) in [6, 6.07) is 4.21. The summed E-state index contributed by atoms with van der Waals surface area (Å²) in [5.74, 6) is 0. The molecular formula is C16H8Cl18. The van der Waals surface area contributed by atoms with Gasteiger partial charge in [0.15, 0.2) is 17.3 Å². The molecular weight excluding hydrogens is 830 g/mol. The lowest BCUT2D eigenvalue weighted by Crippen LogP contribution is -2.56. The van der Waals surface area contributed by atoms with E-state index in [9.17, 15) is 0 Å². The van der Waals surface area contributed by atoms with E-state index in [0.717, 1.165) is 0 Å². The van der Waals surface area contributed by atoms with Crippen LogP contribution in [0.1, 0.15) is 23.6 Å². The second-order valence-electron chi connectivity index (χ2n) is 6.63. The first-order valence-corrected chi connectivity index (χ1v) is 15.0. The Labute approximate surface area is 287 Å². The number of alkyl halides is 18. The van der Waals surface area contributed by atoms with E-state index >= 15 is 0 Å². The van der Waals surface area contributed by atoms with Crippen molar-refractivity contribution in [3.8, 4) is 0 Å². The molecule has 0 aliphatic carbocycles. The molecule has 0 fully saturated rings. The molecule has 0 aliphatic rings. The summed E-state index contributed by atoms with van der Waals surface area (Å²) in [6.45, 7) is 1.66. The van der Waals surface area contributed by atoms with Crippen LogP contribution in [0.2, 0.25) is 0 Å². The molecule has 0 saturated heterocycles. The summed E-state index contributed by atoms with van der Waals surface area (Å²) in [6.07, 6.45) is 0.123. The lowest BCUT2D eigenvalue weighted by atomic mass is 9.90. The van der Waals surface area contributed by atoms with Crippen molar-refractivity contribution < 1.29 is 0 Å². The predicted octanol–water partition coefficient (Wildman–Crippen LogP) is 12.9. The standard InChI is InChI=1S/C16H8Cl18/c1-2-6-7(9(17,18)11(21,22)13(25,26)15(29,30)31)4-3-5-8(6)10(19,20)12(23,24)14(27,28)16(32,33)34/h3-5H,2H2,1H3. The van der Waals surface area contributed by atoms with Gasteiger partial charge >= 0.3 is 0 Å². The molecule has 0 bridgehead atoms. The van der Waals surface area contributed by atoms with Crippen LogP contribution < -0.4 is 0 Å². The molecule has 0 radical (unpaired) electrons. The third kappa shape index (κ3) is 6.13. The fraction of sp³-hybridized carbons (Fsp3) is 0.625. The van der Waals surface area contributed by atoms with Gasteiger partial charge in [0, 0.05) is 0 Å². The molecule has 0 saturated carbocycles. The Morgan fingerprint density at radius 1 is 0.471 bits per heavy atom. The first kappa shape index (κ1) is 36.5. The van der Waals surface area contributed by atoms with Gasteiger partial charge in [0.05, 0.1) is 0 Å². The lowest BCUT2D eigenvalue weighted by molar-refractivity contribution is 0.583. The third-order valence-corrected chi connectivity index (χ3v) is 15.4.